The van der Waals surface area contributed by atoms with Gasteiger partial charge in [0, 0.05) is 52.5 Å². The number of aliphatic hydroxyl groups is 1. The Morgan fingerprint density at radius 2 is 2.00 bits per heavy atom. The second-order valence-corrected chi connectivity index (χ2v) is 6.30. The summed E-state index contributed by atoms with van der Waals surface area (Å²) < 4.78 is 5.49. The van der Waals surface area contributed by atoms with E-state index in [2.05, 4.69) is 15.2 Å². The SMILES string of the molecule is CCNC(=NCC(C)CO)N1CCN(C(=O)C2CCCO2)CC1.I. The number of rotatable bonds is 5. The maximum Gasteiger partial charge on any atom is 0.251 e. The number of guanidine groups is 1. The highest BCUT2D eigenvalue weighted by molar-refractivity contribution is 14.0. The molecule has 0 radical (unpaired) electrons. The van der Waals surface area contributed by atoms with Crippen molar-refractivity contribution in [3.63, 3.8) is 0 Å². The van der Waals surface area contributed by atoms with Gasteiger partial charge in [0.15, 0.2) is 5.96 Å². The maximum atomic E-state index is 12.4. The molecule has 0 spiro atoms. The Hall–Kier alpha value is -0.610. The van der Waals surface area contributed by atoms with Gasteiger partial charge in [-0.25, -0.2) is 0 Å². The molecule has 2 aliphatic rings. The minimum Gasteiger partial charge on any atom is -0.396 e. The minimum atomic E-state index is -0.228. The van der Waals surface area contributed by atoms with Crippen LogP contribution in [-0.2, 0) is 9.53 Å². The average Bonchev–Trinajstić information content (AvgIpc) is 3.12. The molecule has 0 aromatic heterocycles. The fraction of sp³-hybridized carbons (Fsp3) is 0.875. The Bertz CT molecular complexity index is 408. The van der Waals surface area contributed by atoms with E-state index in [0.29, 0.717) is 26.2 Å². The van der Waals surface area contributed by atoms with Gasteiger partial charge in [-0.1, -0.05) is 6.92 Å². The molecule has 0 aliphatic carbocycles. The van der Waals surface area contributed by atoms with Crippen LogP contribution in [0.1, 0.15) is 26.7 Å². The number of halogens is 1. The molecule has 0 saturated carbocycles. The van der Waals surface area contributed by atoms with Crippen LogP contribution in [0.4, 0.5) is 0 Å². The lowest BCUT2D eigenvalue weighted by Gasteiger charge is -2.37. The molecular weight excluding hydrogens is 423 g/mol. The van der Waals surface area contributed by atoms with Gasteiger partial charge in [0.2, 0.25) is 0 Å². The minimum absolute atomic E-state index is 0. The van der Waals surface area contributed by atoms with Crippen molar-refractivity contribution in [2.75, 3.05) is 52.5 Å². The Morgan fingerprint density at radius 1 is 1.33 bits per heavy atom. The zero-order valence-electron chi connectivity index (χ0n) is 14.7. The number of aliphatic imine (C=N–C) groups is 1. The Labute approximate surface area is 161 Å². The molecule has 0 aromatic carbocycles. The van der Waals surface area contributed by atoms with E-state index < -0.39 is 0 Å². The Morgan fingerprint density at radius 3 is 2.54 bits per heavy atom. The van der Waals surface area contributed by atoms with Crippen molar-refractivity contribution in [1.82, 2.24) is 15.1 Å². The highest BCUT2D eigenvalue weighted by Gasteiger charge is 2.30. The van der Waals surface area contributed by atoms with E-state index in [1.165, 1.54) is 0 Å². The molecule has 2 fully saturated rings. The van der Waals surface area contributed by atoms with Crippen molar-refractivity contribution in [3.8, 4) is 0 Å². The summed E-state index contributed by atoms with van der Waals surface area (Å²) in [7, 11) is 0. The molecule has 0 aromatic rings. The normalized spacial score (nSPS) is 23.0. The molecule has 2 unspecified atom stereocenters. The molecule has 7 nitrogen and oxygen atoms in total. The van der Waals surface area contributed by atoms with Crippen LogP contribution >= 0.6 is 24.0 Å². The predicted molar refractivity (Wildman–Crippen MR) is 105 cm³/mol. The number of carbonyl (C=O) groups excluding carboxylic acids is 1. The zero-order chi connectivity index (χ0) is 16.7. The molecule has 24 heavy (non-hydrogen) atoms. The van der Waals surface area contributed by atoms with Crippen LogP contribution in [0.3, 0.4) is 0 Å². The van der Waals surface area contributed by atoms with Crippen molar-refractivity contribution in [1.29, 1.82) is 0 Å². The van der Waals surface area contributed by atoms with Gasteiger partial charge in [-0.3, -0.25) is 9.79 Å². The first-order valence-corrected chi connectivity index (χ1v) is 8.70. The number of aliphatic hydroxyl groups excluding tert-OH is 1. The number of nitrogens with one attached hydrogen (secondary N) is 1. The van der Waals surface area contributed by atoms with Gasteiger partial charge in [0.05, 0.1) is 0 Å². The standard InChI is InChI=1S/C16H30N4O3.HI/c1-3-17-16(18-11-13(2)12-21)20-8-6-19(7-9-20)15(22)14-5-4-10-23-14;/h13-14,21H,3-12H2,1-2H3,(H,17,18);1H. The van der Waals surface area contributed by atoms with Gasteiger partial charge >= 0.3 is 0 Å². The summed E-state index contributed by atoms with van der Waals surface area (Å²) in [5.41, 5.74) is 0. The van der Waals surface area contributed by atoms with Gasteiger partial charge in [-0.2, -0.15) is 0 Å². The van der Waals surface area contributed by atoms with Gasteiger partial charge in [-0.15, -0.1) is 24.0 Å². The van der Waals surface area contributed by atoms with Crippen LogP contribution in [0, 0.1) is 5.92 Å². The molecule has 2 saturated heterocycles. The van der Waals surface area contributed by atoms with Crippen LogP contribution in [0.2, 0.25) is 0 Å². The summed E-state index contributed by atoms with van der Waals surface area (Å²) in [6.07, 6.45) is 1.60. The predicted octanol–water partition coefficient (Wildman–Crippen LogP) is 0.522. The average molecular weight is 454 g/mol. The summed E-state index contributed by atoms with van der Waals surface area (Å²) in [6, 6.07) is 0. The van der Waals surface area contributed by atoms with E-state index in [4.69, 9.17) is 9.84 Å². The monoisotopic (exact) mass is 454 g/mol. The first-order chi connectivity index (χ1) is 11.2. The molecule has 2 N–H and O–H groups in total. The molecule has 0 bridgehead atoms. The molecular formula is C16H31IN4O3. The molecule has 2 rings (SSSR count). The smallest absolute Gasteiger partial charge is 0.251 e. The van der Waals surface area contributed by atoms with Crippen molar-refractivity contribution in [3.05, 3.63) is 0 Å². The van der Waals surface area contributed by atoms with E-state index in [0.717, 1.165) is 38.4 Å². The Balaban J connectivity index is 0.00000288. The molecule has 2 atom stereocenters. The van der Waals surface area contributed by atoms with E-state index in [-0.39, 0.29) is 48.5 Å². The van der Waals surface area contributed by atoms with Crippen molar-refractivity contribution < 1.29 is 14.6 Å². The summed E-state index contributed by atoms with van der Waals surface area (Å²) in [5.74, 6) is 1.17. The molecule has 2 aliphatic heterocycles. The fourth-order valence-electron chi connectivity index (χ4n) is 2.84. The number of hydrogen-bond donors (Lipinski definition) is 2. The number of amides is 1. The number of carbonyl (C=O) groups is 1. The quantitative estimate of drug-likeness (QED) is 0.360. The second kappa shape index (κ2) is 11.1. The number of hydrogen-bond acceptors (Lipinski definition) is 4. The van der Waals surface area contributed by atoms with Crippen LogP contribution in [-0.4, -0.2) is 85.4 Å². The van der Waals surface area contributed by atoms with Crippen molar-refractivity contribution >= 4 is 35.8 Å². The fourth-order valence-corrected chi connectivity index (χ4v) is 2.84. The van der Waals surface area contributed by atoms with Gasteiger partial charge in [0.25, 0.3) is 5.91 Å². The summed E-state index contributed by atoms with van der Waals surface area (Å²) in [5, 5.41) is 12.4. The van der Waals surface area contributed by atoms with Gasteiger partial charge in [0.1, 0.15) is 6.10 Å². The molecule has 140 valence electrons. The number of piperazine rings is 1. The van der Waals surface area contributed by atoms with Gasteiger partial charge in [-0.05, 0) is 25.7 Å². The molecule has 8 heteroatoms. The van der Waals surface area contributed by atoms with Gasteiger partial charge < -0.3 is 25.0 Å². The van der Waals surface area contributed by atoms with Crippen molar-refractivity contribution in [2.24, 2.45) is 10.9 Å². The second-order valence-electron chi connectivity index (χ2n) is 6.30. The first-order valence-electron chi connectivity index (χ1n) is 8.70. The van der Waals surface area contributed by atoms with E-state index in [1.54, 1.807) is 0 Å². The van der Waals surface area contributed by atoms with E-state index in [9.17, 15) is 4.79 Å². The summed E-state index contributed by atoms with van der Waals surface area (Å²) >= 11 is 0. The third-order valence-corrected chi connectivity index (χ3v) is 4.30. The third-order valence-electron chi connectivity index (χ3n) is 4.30. The first kappa shape index (κ1) is 21.4. The van der Waals surface area contributed by atoms with Crippen molar-refractivity contribution in [2.45, 2.75) is 32.8 Å². The van der Waals surface area contributed by atoms with E-state index in [1.807, 2.05) is 18.7 Å². The highest BCUT2D eigenvalue weighted by Crippen LogP contribution is 2.16. The topological polar surface area (TPSA) is 77.4 Å². The lowest BCUT2D eigenvalue weighted by molar-refractivity contribution is -0.142. The number of nitrogens with zero attached hydrogens (tertiary/aromatic N) is 3. The summed E-state index contributed by atoms with van der Waals surface area (Å²) in [4.78, 5) is 21.1. The van der Waals surface area contributed by atoms with Crippen LogP contribution in [0.5, 0.6) is 0 Å². The zero-order valence-corrected chi connectivity index (χ0v) is 17.1. The van der Waals surface area contributed by atoms with E-state index >= 15 is 0 Å². The lowest BCUT2D eigenvalue weighted by atomic mass is 10.2. The number of ether oxygens (including phenoxy) is 1. The highest BCUT2D eigenvalue weighted by atomic mass is 127. The third kappa shape index (κ3) is 6.03. The van der Waals surface area contributed by atoms with Crippen LogP contribution in [0.15, 0.2) is 4.99 Å². The molecule has 2 heterocycles. The molecule has 1 amide bonds. The largest absolute Gasteiger partial charge is 0.396 e. The lowest BCUT2D eigenvalue weighted by Crippen LogP contribution is -2.55. The van der Waals surface area contributed by atoms with Crippen LogP contribution < -0.4 is 5.32 Å². The van der Waals surface area contributed by atoms with Crippen LogP contribution in [0.25, 0.3) is 0 Å². The summed E-state index contributed by atoms with van der Waals surface area (Å²) in [6.45, 7) is 9.25. The maximum absolute atomic E-state index is 12.4. The Kier molecular flexibility index (Phi) is 9.91.